The van der Waals surface area contributed by atoms with E-state index in [1.54, 1.807) is 12.1 Å². The molecule has 5 aromatic rings. The zero-order valence-electron chi connectivity index (χ0n) is 18.6. The summed E-state index contributed by atoms with van der Waals surface area (Å²) in [4.78, 5) is 2.24. The molecule has 0 atom stereocenters. The lowest BCUT2D eigenvalue weighted by molar-refractivity contribution is 0.426. The molecule has 0 radical (unpaired) electrons. The molecule has 0 amide bonds. The SMILES string of the molecule is OB(O)c1ccc(-c2ccc(N(c3ccccc3)c3ccc(-c4ccccc4)cc3)cc2)cc1. The lowest BCUT2D eigenvalue weighted by Crippen LogP contribution is -2.29. The molecule has 0 unspecified atom stereocenters. The molecule has 0 saturated carbocycles. The highest BCUT2D eigenvalue weighted by molar-refractivity contribution is 6.58. The molecule has 34 heavy (non-hydrogen) atoms. The first-order chi connectivity index (χ1) is 16.7. The van der Waals surface area contributed by atoms with E-state index in [2.05, 4.69) is 89.8 Å². The molecule has 0 aliphatic carbocycles. The Morgan fingerprint density at radius 2 is 0.735 bits per heavy atom. The van der Waals surface area contributed by atoms with Crippen molar-refractivity contribution in [3.63, 3.8) is 0 Å². The van der Waals surface area contributed by atoms with E-state index in [4.69, 9.17) is 0 Å². The number of nitrogens with zero attached hydrogens (tertiary/aromatic N) is 1. The van der Waals surface area contributed by atoms with Gasteiger partial charge in [0.05, 0.1) is 0 Å². The van der Waals surface area contributed by atoms with E-state index in [9.17, 15) is 10.0 Å². The Morgan fingerprint density at radius 3 is 1.18 bits per heavy atom. The Kier molecular flexibility index (Phi) is 6.26. The topological polar surface area (TPSA) is 43.7 Å². The second-order valence-electron chi connectivity index (χ2n) is 8.13. The average Bonchev–Trinajstić information content (AvgIpc) is 2.91. The number of anilines is 3. The van der Waals surface area contributed by atoms with Crippen LogP contribution in [-0.4, -0.2) is 17.2 Å². The third-order valence-corrected chi connectivity index (χ3v) is 5.91. The van der Waals surface area contributed by atoms with Crippen molar-refractivity contribution < 1.29 is 10.0 Å². The molecule has 5 aromatic carbocycles. The summed E-state index contributed by atoms with van der Waals surface area (Å²) in [5.41, 5.74) is 8.18. The van der Waals surface area contributed by atoms with Gasteiger partial charge in [0.1, 0.15) is 0 Å². The molecule has 4 heteroatoms. The van der Waals surface area contributed by atoms with Crippen LogP contribution in [0.5, 0.6) is 0 Å². The summed E-state index contributed by atoms with van der Waals surface area (Å²) in [5.74, 6) is 0. The zero-order chi connectivity index (χ0) is 23.3. The Hall–Kier alpha value is -4.12. The Morgan fingerprint density at radius 1 is 0.382 bits per heavy atom. The van der Waals surface area contributed by atoms with Crippen LogP contribution in [0, 0.1) is 0 Å². The molecule has 0 saturated heterocycles. The van der Waals surface area contributed by atoms with E-state index in [0.717, 1.165) is 28.2 Å². The van der Waals surface area contributed by atoms with Gasteiger partial charge in [-0.3, -0.25) is 0 Å². The monoisotopic (exact) mass is 441 g/mol. The van der Waals surface area contributed by atoms with Crippen LogP contribution in [0.15, 0.2) is 133 Å². The van der Waals surface area contributed by atoms with Gasteiger partial charge in [0.25, 0.3) is 0 Å². The van der Waals surface area contributed by atoms with Gasteiger partial charge in [-0.1, -0.05) is 97.1 Å². The van der Waals surface area contributed by atoms with Gasteiger partial charge in [-0.05, 0) is 64.1 Å². The fraction of sp³-hybridized carbons (Fsp3) is 0. The normalized spacial score (nSPS) is 10.6. The predicted octanol–water partition coefficient (Wildman–Crippen LogP) is 6.17. The molecule has 0 aliphatic rings. The molecule has 0 spiro atoms. The summed E-state index contributed by atoms with van der Waals surface area (Å²) >= 11 is 0. The van der Waals surface area contributed by atoms with Crippen molar-refractivity contribution in [2.75, 3.05) is 4.90 Å². The number of rotatable bonds is 6. The summed E-state index contributed by atoms with van der Waals surface area (Å²) < 4.78 is 0. The molecular weight excluding hydrogens is 417 g/mol. The maximum atomic E-state index is 9.33. The highest BCUT2D eigenvalue weighted by Gasteiger charge is 2.13. The minimum atomic E-state index is -1.45. The minimum absolute atomic E-state index is 0.481. The van der Waals surface area contributed by atoms with Gasteiger partial charge in [0.15, 0.2) is 0 Å². The van der Waals surface area contributed by atoms with Gasteiger partial charge in [0, 0.05) is 17.1 Å². The van der Waals surface area contributed by atoms with Gasteiger partial charge in [-0.25, -0.2) is 0 Å². The second-order valence-corrected chi connectivity index (χ2v) is 8.13. The summed E-state index contributed by atoms with van der Waals surface area (Å²) in [5, 5.41) is 18.7. The predicted molar refractivity (Wildman–Crippen MR) is 142 cm³/mol. The van der Waals surface area contributed by atoms with Gasteiger partial charge in [-0.15, -0.1) is 0 Å². The number of hydrogen-bond acceptors (Lipinski definition) is 3. The Bertz CT molecular complexity index is 1340. The van der Waals surface area contributed by atoms with Crippen LogP contribution in [0.25, 0.3) is 22.3 Å². The lowest BCUT2D eigenvalue weighted by atomic mass is 9.80. The molecule has 0 aliphatic heterocycles. The largest absolute Gasteiger partial charge is 0.488 e. The fourth-order valence-corrected chi connectivity index (χ4v) is 4.11. The van der Waals surface area contributed by atoms with Crippen molar-refractivity contribution in [1.29, 1.82) is 0 Å². The number of para-hydroxylation sites is 1. The molecule has 0 heterocycles. The van der Waals surface area contributed by atoms with Crippen LogP contribution in [0.3, 0.4) is 0 Å². The van der Waals surface area contributed by atoms with Crippen molar-refractivity contribution >= 4 is 29.6 Å². The maximum absolute atomic E-state index is 9.33. The molecule has 3 nitrogen and oxygen atoms in total. The van der Waals surface area contributed by atoms with Crippen LogP contribution < -0.4 is 10.4 Å². The van der Waals surface area contributed by atoms with E-state index in [1.165, 1.54) is 11.1 Å². The number of benzene rings is 5. The Labute approximate surface area is 200 Å². The molecule has 0 aromatic heterocycles. The van der Waals surface area contributed by atoms with E-state index >= 15 is 0 Å². The first kappa shape index (κ1) is 21.7. The van der Waals surface area contributed by atoms with Crippen LogP contribution in [0.2, 0.25) is 0 Å². The zero-order valence-corrected chi connectivity index (χ0v) is 18.6. The molecule has 0 fully saturated rings. The first-order valence-electron chi connectivity index (χ1n) is 11.3. The van der Waals surface area contributed by atoms with Crippen LogP contribution in [-0.2, 0) is 0 Å². The molecule has 0 bridgehead atoms. The van der Waals surface area contributed by atoms with Gasteiger partial charge in [0.2, 0.25) is 0 Å². The standard InChI is InChI=1S/C30H24BNO2/c33-31(34)27-17-11-24(12-18-27)26-15-21-30(22-16-26)32(28-9-5-2-6-10-28)29-19-13-25(14-20-29)23-7-3-1-4-8-23/h1-22,33-34H. The van der Waals surface area contributed by atoms with Crippen LogP contribution in [0.1, 0.15) is 0 Å². The summed E-state index contributed by atoms with van der Waals surface area (Å²) in [7, 11) is -1.45. The minimum Gasteiger partial charge on any atom is -0.423 e. The van der Waals surface area contributed by atoms with Crippen molar-refractivity contribution in [3.8, 4) is 22.3 Å². The smallest absolute Gasteiger partial charge is 0.423 e. The van der Waals surface area contributed by atoms with Crippen molar-refractivity contribution in [3.05, 3.63) is 133 Å². The highest BCUT2D eigenvalue weighted by atomic mass is 16.4. The van der Waals surface area contributed by atoms with Crippen molar-refractivity contribution in [1.82, 2.24) is 0 Å². The molecule has 5 rings (SSSR count). The van der Waals surface area contributed by atoms with Gasteiger partial charge >= 0.3 is 7.12 Å². The van der Waals surface area contributed by atoms with Crippen molar-refractivity contribution in [2.45, 2.75) is 0 Å². The third kappa shape index (κ3) is 4.64. The molecule has 2 N–H and O–H groups in total. The average molecular weight is 441 g/mol. The summed E-state index contributed by atoms with van der Waals surface area (Å²) in [6.07, 6.45) is 0. The maximum Gasteiger partial charge on any atom is 0.488 e. The van der Waals surface area contributed by atoms with Crippen LogP contribution >= 0.6 is 0 Å². The second kappa shape index (κ2) is 9.80. The number of hydrogen-bond donors (Lipinski definition) is 2. The lowest BCUT2D eigenvalue weighted by Gasteiger charge is -2.26. The first-order valence-corrected chi connectivity index (χ1v) is 11.3. The summed E-state index contributed by atoms with van der Waals surface area (Å²) in [6.45, 7) is 0. The van der Waals surface area contributed by atoms with E-state index in [1.807, 2.05) is 36.4 Å². The van der Waals surface area contributed by atoms with Gasteiger partial charge in [-0.2, -0.15) is 0 Å². The third-order valence-electron chi connectivity index (χ3n) is 5.91. The Balaban J connectivity index is 1.48. The van der Waals surface area contributed by atoms with Crippen molar-refractivity contribution in [2.24, 2.45) is 0 Å². The van der Waals surface area contributed by atoms with Crippen LogP contribution in [0.4, 0.5) is 17.1 Å². The molecule has 164 valence electrons. The van der Waals surface area contributed by atoms with Gasteiger partial charge < -0.3 is 14.9 Å². The fourth-order valence-electron chi connectivity index (χ4n) is 4.11. The summed E-state index contributed by atoms with van der Waals surface area (Å²) in [6, 6.07) is 45.0. The van der Waals surface area contributed by atoms with E-state index in [0.29, 0.717) is 5.46 Å². The molecular formula is C30H24BNO2. The van der Waals surface area contributed by atoms with E-state index < -0.39 is 7.12 Å². The van der Waals surface area contributed by atoms with E-state index in [-0.39, 0.29) is 0 Å². The highest BCUT2D eigenvalue weighted by Crippen LogP contribution is 2.36. The quantitative estimate of drug-likeness (QED) is 0.310.